The van der Waals surface area contributed by atoms with Gasteiger partial charge in [-0.1, -0.05) is 18.2 Å². The molecule has 4 aromatic rings. The molecule has 7 heteroatoms. The van der Waals surface area contributed by atoms with E-state index in [1.807, 2.05) is 71.2 Å². The lowest BCUT2D eigenvalue weighted by Crippen LogP contribution is -2.37. The fourth-order valence-corrected chi connectivity index (χ4v) is 3.29. The third-order valence-electron chi connectivity index (χ3n) is 4.79. The van der Waals surface area contributed by atoms with Crippen molar-refractivity contribution in [2.75, 3.05) is 36.5 Å². The second-order valence-corrected chi connectivity index (χ2v) is 6.77. The van der Waals surface area contributed by atoms with Crippen molar-refractivity contribution in [3.63, 3.8) is 0 Å². The van der Waals surface area contributed by atoms with Crippen LogP contribution in [0.25, 0.3) is 5.65 Å². The van der Waals surface area contributed by atoms with E-state index in [-0.39, 0.29) is 0 Å². The van der Waals surface area contributed by atoms with E-state index in [1.165, 1.54) is 0 Å². The quantitative estimate of drug-likeness (QED) is 0.556. The zero-order valence-corrected chi connectivity index (χ0v) is 15.9. The highest BCUT2D eigenvalue weighted by atomic mass is 16.5. The topological polar surface area (TPSA) is 63.9 Å². The van der Waals surface area contributed by atoms with Crippen LogP contribution in [0.1, 0.15) is 0 Å². The average Bonchev–Trinajstić information content (AvgIpc) is 3.18. The first-order valence-corrected chi connectivity index (χ1v) is 9.63. The lowest BCUT2D eigenvalue weighted by Gasteiger charge is -2.27. The summed E-state index contributed by atoms with van der Waals surface area (Å²) < 4.78 is 13.1. The van der Waals surface area contributed by atoms with Crippen LogP contribution < -0.4 is 15.0 Å². The lowest BCUT2D eigenvalue weighted by molar-refractivity contribution is 0.122. The van der Waals surface area contributed by atoms with E-state index in [2.05, 4.69) is 15.2 Å². The first-order chi connectivity index (χ1) is 14.3. The maximum atomic E-state index is 5.85. The van der Waals surface area contributed by atoms with Crippen LogP contribution in [-0.2, 0) is 4.74 Å². The molecule has 0 aliphatic carbocycles. The first kappa shape index (κ1) is 17.5. The SMILES string of the molecule is c1ccc(Oc2ccc(Nc3cnc4ccc(N5CCOCC5)nn34)cc2)cc1. The minimum atomic E-state index is 0.728. The van der Waals surface area contributed by atoms with Gasteiger partial charge in [-0.05, 0) is 48.5 Å². The predicted molar refractivity (Wildman–Crippen MR) is 112 cm³/mol. The summed E-state index contributed by atoms with van der Waals surface area (Å²) in [7, 11) is 0. The molecule has 7 nitrogen and oxygen atoms in total. The molecular formula is C22H21N5O2. The minimum Gasteiger partial charge on any atom is -0.457 e. The Labute approximate surface area is 168 Å². The molecule has 1 N–H and O–H groups in total. The van der Waals surface area contributed by atoms with E-state index in [4.69, 9.17) is 14.6 Å². The van der Waals surface area contributed by atoms with Gasteiger partial charge in [-0.15, -0.1) is 5.10 Å². The zero-order chi connectivity index (χ0) is 19.5. The Morgan fingerprint density at radius 1 is 0.862 bits per heavy atom. The van der Waals surface area contributed by atoms with Gasteiger partial charge in [0.2, 0.25) is 0 Å². The summed E-state index contributed by atoms with van der Waals surface area (Å²) in [5.41, 5.74) is 1.74. The monoisotopic (exact) mass is 387 g/mol. The Morgan fingerprint density at radius 2 is 1.62 bits per heavy atom. The molecule has 0 atom stereocenters. The van der Waals surface area contributed by atoms with Gasteiger partial charge in [-0.25, -0.2) is 4.98 Å². The Balaban J connectivity index is 1.34. The first-order valence-electron chi connectivity index (χ1n) is 9.63. The molecule has 0 amide bonds. The average molecular weight is 387 g/mol. The van der Waals surface area contributed by atoms with Crippen LogP contribution in [-0.4, -0.2) is 40.9 Å². The molecule has 0 spiro atoms. The van der Waals surface area contributed by atoms with E-state index >= 15 is 0 Å². The number of aromatic nitrogens is 3. The van der Waals surface area contributed by atoms with Crippen LogP contribution in [0.2, 0.25) is 0 Å². The maximum absolute atomic E-state index is 5.85. The zero-order valence-electron chi connectivity index (χ0n) is 15.9. The van der Waals surface area contributed by atoms with Crippen molar-refractivity contribution in [2.24, 2.45) is 0 Å². The number of nitrogens with one attached hydrogen (secondary N) is 1. The van der Waals surface area contributed by atoms with Gasteiger partial charge in [0.05, 0.1) is 19.4 Å². The molecule has 1 aliphatic rings. The van der Waals surface area contributed by atoms with E-state index in [0.717, 1.165) is 60.8 Å². The maximum Gasteiger partial charge on any atom is 0.156 e. The van der Waals surface area contributed by atoms with Crippen LogP contribution in [0, 0.1) is 0 Å². The van der Waals surface area contributed by atoms with E-state index in [9.17, 15) is 0 Å². The molecular weight excluding hydrogens is 366 g/mol. The number of rotatable bonds is 5. The van der Waals surface area contributed by atoms with Gasteiger partial charge >= 0.3 is 0 Å². The summed E-state index contributed by atoms with van der Waals surface area (Å²) in [4.78, 5) is 6.67. The second-order valence-electron chi connectivity index (χ2n) is 6.77. The molecule has 0 saturated carbocycles. The molecule has 146 valence electrons. The van der Waals surface area contributed by atoms with Gasteiger partial charge in [0.1, 0.15) is 17.3 Å². The van der Waals surface area contributed by atoms with Crippen molar-refractivity contribution in [1.82, 2.24) is 14.6 Å². The number of hydrogen-bond donors (Lipinski definition) is 1. The minimum absolute atomic E-state index is 0.728. The normalized spacial score (nSPS) is 14.1. The summed E-state index contributed by atoms with van der Waals surface area (Å²) in [6, 6.07) is 21.6. The highest BCUT2D eigenvalue weighted by molar-refractivity contribution is 5.61. The van der Waals surface area contributed by atoms with Gasteiger partial charge in [-0.2, -0.15) is 4.52 Å². The summed E-state index contributed by atoms with van der Waals surface area (Å²) in [6.07, 6.45) is 1.79. The summed E-state index contributed by atoms with van der Waals surface area (Å²) in [5, 5.41) is 8.15. The number of para-hydroxylation sites is 1. The smallest absolute Gasteiger partial charge is 0.156 e. The van der Waals surface area contributed by atoms with Crippen molar-refractivity contribution >= 4 is 23.0 Å². The highest BCUT2D eigenvalue weighted by Gasteiger charge is 2.14. The largest absolute Gasteiger partial charge is 0.457 e. The van der Waals surface area contributed by atoms with Gasteiger partial charge in [0, 0.05) is 18.8 Å². The van der Waals surface area contributed by atoms with Crippen molar-refractivity contribution in [3.05, 3.63) is 72.9 Å². The van der Waals surface area contributed by atoms with Crippen LogP contribution in [0.3, 0.4) is 0 Å². The number of hydrogen-bond acceptors (Lipinski definition) is 6. The summed E-state index contributed by atoms with van der Waals surface area (Å²) in [5.74, 6) is 3.34. The number of imidazole rings is 1. The highest BCUT2D eigenvalue weighted by Crippen LogP contribution is 2.25. The Bertz CT molecular complexity index is 1090. The molecule has 5 rings (SSSR count). The molecule has 2 aromatic carbocycles. The molecule has 1 fully saturated rings. The molecule has 0 unspecified atom stereocenters. The summed E-state index contributed by atoms with van der Waals surface area (Å²) in [6.45, 7) is 3.15. The fraction of sp³-hybridized carbons (Fsp3) is 0.182. The molecule has 0 radical (unpaired) electrons. The third-order valence-corrected chi connectivity index (χ3v) is 4.79. The molecule has 0 bridgehead atoms. The lowest BCUT2D eigenvalue weighted by atomic mass is 10.3. The number of fused-ring (bicyclic) bond motifs is 1. The number of benzene rings is 2. The Morgan fingerprint density at radius 3 is 2.41 bits per heavy atom. The molecule has 2 aromatic heterocycles. The third kappa shape index (κ3) is 3.86. The summed E-state index contributed by atoms with van der Waals surface area (Å²) >= 11 is 0. The number of anilines is 3. The van der Waals surface area contributed by atoms with E-state index in [1.54, 1.807) is 6.20 Å². The van der Waals surface area contributed by atoms with Crippen molar-refractivity contribution in [3.8, 4) is 11.5 Å². The standard InChI is InChI=1S/C22H21N5O2/c1-2-4-18(5-3-1)29-19-8-6-17(7-9-19)24-22-16-23-20-10-11-21(25-27(20)22)26-12-14-28-15-13-26/h1-11,16,24H,12-15H2. The van der Waals surface area contributed by atoms with Crippen molar-refractivity contribution in [1.29, 1.82) is 0 Å². The van der Waals surface area contributed by atoms with Gasteiger partial charge in [0.25, 0.3) is 0 Å². The van der Waals surface area contributed by atoms with Gasteiger partial charge < -0.3 is 19.7 Å². The van der Waals surface area contributed by atoms with Gasteiger partial charge in [-0.3, -0.25) is 0 Å². The number of morpholine rings is 1. The molecule has 29 heavy (non-hydrogen) atoms. The van der Waals surface area contributed by atoms with Crippen LogP contribution in [0.4, 0.5) is 17.3 Å². The van der Waals surface area contributed by atoms with Crippen molar-refractivity contribution < 1.29 is 9.47 Å². The van der Waals surface area contributed by atoms with Crippen LogP contribution in [0.15, 0.2) is 72.9 Å². The van der Waals surface area contributed by atoms with Crippen LogP contribution >= 0.6 is 0 Å². The van der Waals surface area contributed by atoms with E-state index in [0.29, 0.717) is 0 Å². The van der Waals surface area contributed by atoms with Gasteiger partial charge in [0.15, 0.2) is 11.5 Å². The predicted octanol–water partition coefficient (Wildman–Crippen LogP) is 4.10. The fourth-order valence-electron chi connectivity index (χ4n) is 3.29. The van der Waals surface area contributed by atoms with Crippen LogP contribution in [0.5, 0.6) is 11.5 Å². The van der Waals surface area contributed by atoms with Crippen molar-refractivity contribution in [2.45, 2.75) is 0 Å². The number of nitrogens with zero attached hydrogens (tertiary/aromatic N) is 4. The Kier molecular flexibility index (Phi) is 4.72. The molecule has 3 heterocycles. The van der Waals surface area contributed by atoms with E-state index < -0.39 is 0 Å². The second kappa shape index (κ2) is 7.81. The Hall–Kier alpha value is -3.58. The molecule has 1 saturated heterocycles. The molecule has 1 aliphatic heterocycles. The number of ether oxygens (including phenoxy) is 2.